The maximum Gasteiger partial charge on any atom is 0.139 e. The molecule has 0 atom stereocenters. The SMILES string of the molecule is Bc1ccc(NCC)c(N)c1C. The van der Waals surface area contributed by atoms with Gasteiger partial charge in [0.2, 0.25) is 0 Å². The minimum atomic E-state index is 0.872. The van der Waals surface area contributed by atoms with E-state index < -0.39 is 0 Å². The normalized spacial score (nSPS) is 9.83. The van der Waals surface area contributed by atoms with Crippen molar-refractivity contribution >= 4 is 24.7 Å². The van der Waals surface area contributed by atoms with Crippen molar-refractivity contribution in [1.29, 1.82) is 0 Å². The predicted molar refractivity (Wildman–Crippen MR) is 57.9 cm³/mol. The molecule has 0 bridgehead atoms. The zero-order chi connectivity index (χ0) is 9.14. The topological polar surface area (TPSA) is 38.0 Å². The fraction of sp³-hybridized carbons (Fsp3) is 0.333. The van der Waals surface area contributed by atoms with E-state index in [-0.39, 0.29) is 0 Å². The number of anilines is 2. The van der Waals surface area contributed by atoms with Crippen LogP contribution in [0.4, 0.5) is 11.4 Å². The highest BCUT2D eigenvalue weighted by atomic mass is 14.9. The van der Waals surface area contributed by atoms with Gasteiger partial charge >= 0.3 is 0 Å². The molecule has 0 heterocycles. The molecule has 0 radical (unpaired) electrons. The lowest BCUT2D eigenvalue weighted by atomic mass is 9.90. The molecule has 0 aliphatic heterocycles. The summed E-state index contributed by atoms with van der Waals surface area (Å²) in [6, 6.07) is 4.12. The van der Waals surface area contributed by atoms with Crippen LogP contribution in [-0.4, -0.2) is 14.4 Å². The molecule has 12 heavy (non-hydrogen) atoms. The monoisotopic (exact) mass is 162 g/mol. The van der Waals surface area contributed by atoms with Crippen molar-refractivity contribution in [3.8, 4) is 0 Å². The number of hydrogen-bond donors (Lipinski definition) is 2. The Hall–Kier alpha value is -1.12. The largest absolute Gasteiger partial charge is 0.397 e. The Morgan fingerprint density at radius 1 is 1.50 bits per heavy atom. The second kappa shape index (κ2) is 3.52. The first-order valence-corrected chi connectivity index (χ1v) is 4.26. The molecule has 3 N–H and O–H groups in total. The third-order valence-corrected chi connectivity index (χ3v) is 2.15. The van der Waals surface area contributed by atoms with Crippen LogP contribution in [0.2, 0.25) is 0 Å². The van der Waals surface area contributed by atoms with Crippen LogP contribution in [-0.2, 0) is 0 Å². The van der Waals surface area contributed by atoms with Gasteiger partial charge in [0, 0.05) is 6.54 Å². The third kappa shape index (κ3) is 1.55. The Kier molecular flexibility index (Phi) is 2.63. The molecule has 1 rings (SSSR count). The van der Waals surface area contributed by atoms with Crippen LogP contribution < -0.4 is 16.5 Å². The molecule has 0 unspecified atom stereocenters. The molecule has 3 heteroatoms. The second-order valence-electron chi connectivity index (χ2n) is 3.00. The first-order valence-electron chi connectivity index (χ1n) is 4.26. The van der Waals surface area contributed by atoms with Crippen molar-refractivity contribution in [3.05, 3.63) is 17.7 Å². The molecule has 0 saturated heterocycles. The number of hydrogen-bond acceptors (Lipinski definition) is 2. The van der Waals surface area contributed by atoms with Gasteiger partial charge in [0.25, 0.3) is 0 Å². The minimum absolute atomic E-state index is 0.872. The van der Waals surface area contributed by atoms with E-state index in [0.29, 0.717) is 0 Å². The Morgan fingerprint density at radius 3 is 2.75 bits per heavy atom. The van der Waals surface area contributed by atoms with Crippen LogP contribution >= 0.6 is 0 Å². The number of nitrogen functional groups attached to an aromatic ring is 1. The van der Waals surface area contributed by atoms with Gasteiger partial charge in [-0.25, -0.2) is 0 Å². The lowest BCUT2D eigenvalue weighted by molar-refractivity contribution is 1.21. The van der Waals surface area contributed by atoms with E-state index in [1.165, 1.54) is 11.0 Å². The van der Waals surface area contributed by atoms with Gasteiger partial charge in [0.05, 0.1) is 11.4 Å². The summed E-state index contributed by atoms with van der Waals surface area (Å²) >= 11 is 0. The molecular weight excluding hydrogens is 147 g/mol. The van der Waals surface area contributed by atoms with E-state index in [1.807, 2.05) is 13.0 Å². The van der Waals surface area contributed by atoms with Gasteiger partial charge in [0.15, 0.2) is 0 Å². The van der Waals surface area contributed by atoms with E-state index in [4.69, 9.17) is 5.73 Å². The van der Waals surface area contributed by atoms with Crippen LogP contribution in [0.5, 0.6) is 0 Å². The van der Waals surface area contributed by atoms with E-state index in [9.17, 15) is 0 Å². The summed E-state index contributed by atoms with van der Waals surface area (Å²) in [7, 11) is 2.07. The molecule has 0 spiro atoms. The molecule has 0 aromatic heterocycles. The standard InChI is InChI=1S/C9H15BN2/c1-3-12-8-5-4-7(10)6(2)9(8)11/h4-5,12H,3,10-11H2,1-2H3. The summed E-state index contributed by atoms with van der Waals surface area (Å²) < 4.78 is 0. The van der Waals surface area contributed by atoms with Crippen molar-refractivity contribution in [1.82, 2.24) is 0 Å². The zero-order valence-corrected chi connectivity index (χ0v) is 7.94. The highest BCUT2D eigenvalue weighted by Crippen LogP contribution is 2.19. The predicted octanol–water partition coefficient (Wildman–Crippen LogP) is 0.267. The lowest BCUT2D eigenvalue weighted by Gasteiger charge is -2.11. The molecule has 1 aromatic rings. The van der Waals surface area contributed by atoms with Gasteiger partial charge in [-0.1, -0.05) is 11.5 Å². The van der Waals surface area contributed by atoms with Crippen molar-refractivity contribution < 1.29 is 0 Å². The molecular formula is C9H15BN2. The van der Waals surface area contributed by atoms with Crippen LogP contribution in [0.25, 0.3) is 0 Å². The summed E-state index contributed by atoms with van der Waals surface area (Å²) in [4.78, 5) is 0. The Bertz CT molecular complexity index is 284. The summed E-state index contributed by atoms with van der Waals surface area (Å²) in [5, 5.41) is 3.22. The van der Waals surface area contributed by atoms with Gasteiger partial charge in [-0.2, -0.15) is 0 Å². The number of nitrogens with one attached hydrogen (secondary N) is 1. The van der Waals surface area contributed by atoms with Gasteiger partial charge in [-0.3, -0.25) is 0 Å². The molecule has 0 aliphatic carbocycles. The fourth-order valence-corrected chi connectivity index (χ4v) is 1.18. The summed E-state index contributed by atoms with van der Waals surface area (Å²) in [6.07, 6.45) is 0. The summed E-state index contributed by atoms with van der Waals surface area (Å²) in [6.45, 7) is 5.02. The minimum Gasteiger partial charge on any atom is -0.397 e. The highest BCUT2D eigenvalue weighted by Gasteiger charge is 2.01. The average molecular weight is 162 g/mol. The Morgan fingerprint density at radius 2 is 2.17 bits per heavy atom. The van der Waals surface area contributed by atoms with Crippen molar-refractivity contribution in [2.45, 2.75) is 13.8 Å². The maximum atomic E-state index is 5.91. The van der Waals surface area contributed by atoms with Gasteiger partial charge in [-0.05, 0) is 25.5 Å². The van der Waals surface area contributed by atoms with Gasteiger partial charge in [-0.15, -0.1) is 0 Å². The van der Waals surface area contributed by atoms with Gasteiger partial charge < -0.3 is 11.1 Å². The van der Waals surface area contributed by atoms with Crippen LogP contribution in [0.1, 0.15) is 12.5 Å². The maximum absolute atomic E-state index is 5.91. The number of benzene rings is 1. The first-order chi connectivity index (χ1) is 5.66. The first kappa shape index (κ1) is 8.98. The van der Waals surface area contributed by atoms with Crippen LogP contribution in [0, 0.1) is 6.92 Å². The fourth-order valence-electron chi connectivity index (χ4n) is 1.18. The third-order valence-electron chi connectivity index (χ3n) is 2.15. The van der Waals surface area contributed by atoms with Crippen molar-refractivity contribution in [2.75, 3.05) is 17.6 Å². The molecule has 0 saturated carbocycles. The quantitative estimate of drug-likeness (QED) is 0.483. The summed E-state index contributed by atoms with van der Waals surface area (Å²) in [5.74, 6) is 0. The Labute approximate surface area is 74.6 Å². The second-order valence-corrected chi connectivity index (χ2v) is 3.00. The van der Waals surface area contributed by atoms with Gasteiger partial charge in [0.1, 0.15) is 7.85 Å². The number of nitrogens with two attached hydrogens (primary N) is 1. The lowest BCUT2D eigenvalue weighted by Crippen LogP contribution is -2.12. The average Bonchev–Trinajstić information content (AvgIpc) is 2.07. The Balaban J connectivity index is 3.08. The van der Waals surface area contributed by atoms with E-state index in [0.717, 1.165) is 17.9 Å². The van der Waals surface area contributed by atoms with E-state index in [1.54, 1.807) is 0 Å². The molecule has 0 fully saturated rings. The highest BCUT2D eigenvalue weighted by molar-refractivity contribution is 6.34. The smallest absolute Gasteiger partial charge is 0.139 e. The van der Waals surface area contributed by atoms with Crippen LogP contribution in [0.3, 0.4) is 0 Å². The van der Waals surface area contributed by atoms with Crippen molar-refractivity contribution in [2.24, 2.45) is 0 Å². The molecule has 0 amide bonds. The van der Waals surface area contributed by atoms with E-state index in [2.05, 4.69) is 26.2 Å². The molecule has 64 valence electrons. The zero-order valence-electron chi connectivity index (χ0n) is 7.94. The van der Waals surface area contributed by atoms with Crippen molar-refractivity contribution in [3.63, 3.8) is 0 Å². The molecule has 2 nitrogen and oxygen atoms in total. The summed E-state index contributed by atoms with van der Waals surface area (Å²) in [5.41, 5.74) is 10.2. The van der Waals surface area contributed by atoms with Crippen LogP contribution in [0.15, 0.2) is 12.1 Å². The van der Waals surface area contributed by atoms with E-state index >= 15 is 0 Å². The molecule has 1 aromatic carbocycles. The number of rotatable bonds is 2. The molecule has 0 aliphatic rings.